The van der Waals surface area contributed by atoms with E-state index in [9.17, 15) is 0 Å². The maximum Gasteiger partial charge on any atom is 0.132 e. The van der Waals surface area contributed by atoms with Crippen LogP contribution >= 0.6 is 0 Å². The SMILES string of the molecule is Cc1cc(C)cc(-c2nc(C(C)C)nc3c2ccc2cccc([Si](C)(C)C)c23)c1. The van der Waals surface area contributed by atoms with Crippen LogP contribution in [0.1, 0.15) is 36.7 Å². The monoisotopic (exact) mass is 398 g/mol. The van der Waals surface area contributed by atoms with Crippen LogP contribution in [0.5, 0.6) is 0 Å². The number of hydrogen-bond donors (Lipinski definition) is 0. The van der Waals surface area contributed by atoms with Gasteiger partial charge in [0, 0.05) is 22.3 Å². The van der Waals surface area contributed by atoms with Crippen molar-refractivity contribution < 1.29 is 0 Å². The van der Waals surface area contributed by atoms with Gasteiger partial charge in [-0.25, -0.2) is 9.97 Å². The van der Waals surface area contributed by atoms with Gasteiger partial charge in [-0.15, -0.1) is 0 Å². The van der Waals surface area contributed by atoms with E-state index in [4.69, 9.17) is 9.97 Å². The fraction of sp³-hybridized carbons (Fsp3) is 0.308. The number of rotatable bonds is 3. The molecular formula is C26H30N2Si. The highest BCUT2D eigenvalue weighted by molar-refractivity contribution is 6.90. The second-order valence-corrected chi connectivity index (χ2v) is 14.6. The first kappa shape index (κ1) is 19.8. The van der Waals surface area contributed by atoms with E-state index in [1.807, 2.05) is 0 Å². The van der Waals surface area contributed by atoms with Crippen LogP contribution in [0, 0.1) is 13.8 Å². The number of fused-ring (bicyclic) bond motifs is 3. The highest BCUT2D eigenvalue weighted by Gasteiger charge is 2.22. The lowest BCUT2D eigenvalue weighted by Gasteiger charge is -2.21. The molecule has 0 unspecified atom stereocenters. The summed E-state index contributed by atoms with van der Waals surface area (Å²) in [5, 5.41) is 5.22. The van der Waals surface area contributed by atoms with Gasteiger partial charge in [-0.2, -0.15) is 0 Å². The predicted molar refractivity (Wildman–Crippen MR) is 129 cm³/mol. The first-order valence-electron chi connectivity index (χ1n) is 10.5. The number of aromatic nitrogens is 2. The molecule has 4 rings (SSSR count). The Kier molecular flexibility index (Phi) is 4.82. The van der Waals surface area contributed by atoms with Crippen LogP contribution in [0.3, 0.4) is 0 Å². The minimum atomic E-state index is -1.53. The second kappa shape index (κ2) is 7.07. The average molecular weight is 399 g/mol. The molecule has 29 heavy (non-hydrogen) atoms. The molecule has 0 N–H and O–H groups in total. The minimum absolute atomic E-state index is 0.276. The molecule has 3 heteroatoms. The van der Waals surface area contributed by atoms with Crippen molar-refractivity contribution in [3.63, 3.8) is 0 Å². The molecule has 0 bridgehead atoms. The van der Waals surface area contributed by atoms with Crippen LogP contribution in [0.2, 0.25) is 19.6 Å². The zero-order valence-corrected chi connectivity index (χ0v) is 19.6. The Morgan fingerprint density at radius 1 is 0.828 bits per heavy atom. The molecule has 148 valence electrons. The van der Waals surface area contributed by atoms with Gasteiger partial charge in [0.1, 0.15) is 5.82 Å². The zero-order valence-electron chi connectivity index (χ0n) is 18.6. The Bertz CT molecular complexity index is 1210. The Hall–Kier alpha value is -2.52. The molecule has 3 aromatic carbocycles. The minimum Gasteiger partial charge on any atom is -0.232 e. The molecule has 0 fully saturated rings. The fourth-order valence-electron chi connectivity index (χ4n) is 4.20. The molecular weight excluding hydrogens is 368 g/mol. The third-order valence-electron chi connectivity index (χ3n) is 5.55. The number of aryl methyl sites for hydroxylation is 2. The van der Waals surface area contributed by atoms with Crippen molar-refractivity contribution in [3.8, 4) is 11.3 Å². The third-order valence-corrected chi connectivity index (χ3v) is 7.58. The van der Waals surface area contributed by atoms with Crippen molar-refractivity contribution in [3.05, 3.63) is 65.5 Å². The van der Waals surface area contributed by atoms with Crippen molar-refractivity contribution in [2.45, 2.75) is 53.3 Å². The van der Waals surface area contributed by atoms with Crippen LogP contribution in [-0.2, 0) is 0 Å². The van der Waals surface area contributed by atoms with E-state index < -0.39 is 8.07 Å². The van der Waals surface area contributed by atoms with Crippen molar-refractivity contribution >= 4 is 34.9 Å². The van der Waals surface area contributed by atoms with Crippen LogP contribution in [-0.4, -0.2) is 18.0 Å². The molecule has 4 aromatic rings. The van der Waals surface area contributed by atoms with Crippen LogP contribution in [0.25, 0.3) is 32.9 Å². The van der Waals surface area contributed by atoms with Crippen molar-refractivity contribution in [1.29, 1.82) is 0 Å². The van der Waals surface area contributed by atoms with Crippen LogP contribution in [0.4, 0.5) is 0 Å². The maximum absolute atomic E-state index is 5.12. The van der Waals surface area contributed by atoms with Crippen LogP contribution < -0.4 is 5.19 Å². The van der Waals surface area contributed by atoms with Crippen molar-refractivity contribution in [2.24, 2.45) is 0 Å². The summed E-state index contributed by atoms with van der Waals surface area (Å²) in [6.45, 7) is 15.9. The lowest BCUT2D eigenvalue weighted by atomic mass is 9.98. The average Bonchev–Trinajstić information content (AvgIpc) is 2.64. The lowest BCUT2D eigenvalue weighted by molar-refractivity contribution is 0.785. The quantitative estimate of drug-likeness (QED) is 0.282. The van der Waals surface area contributed by atoms with E-state index in [1.54, 1.807) is 0 Å². The second-order valence-electron chi connectivity index (χ2n) is 9.58. The summed E-state index contributed by atoms with van der Waals surface area (Å²) in [6.07, 6.45) is 0. The van der Waals surface area contributed by atoms with E-state index in [2.05, 4.69) is 95.9 Å². The first-order chi connectivity index (χ1) is 13.6. The van der Waals surface area contributed by atoms with Gasteiger partial charge >= 0.3 is 0 Å². The highest BCUT2D eigenvalue weighted by Crippen LogP contribution is 2.33. The highest BCUT2D eigenvalue weighted by atomic mass is 28.3. The number of benzene rings is 3. The van der Waals surface area contributed by atoms with Gasteiger partial charge in [0.15, 0.2) is 0 Å². The summed E-state index contributed by atoms with van der Waals surface area (Å²) in [6, 6.07) is 17.9. The van der Waals surface area contributed by atoms with Gasteiger partial charge in [-0.1, -0.05) is 80.1 Å². The van der Waals surface area contributed by atoms with Gasteiger partial charge in [-0.05, 0) is 37.4 Å². The summed E-state index contributed by atoms with van der Waals surface area (Å²) < 4.78 is 0. The molecule has 0 aliphatic rings. The van der Waals surface area contributed by atoms with Crippen LogP contribution in [0.15, 0.2) is 48.5 Å². The topological polar surface area (TPSA) is 25.8 Å². The van der Waals surface area contributed by atoms with Gasteiger partial charge in [-0.3, -0.25) is 0 Å². The molecule has 0 aliphatic heterocycles. The molecule has 0 saturated carbocycles. The molecule has 0 atom stereocenters. The van der Waals surface area contributed by atoms with E-state index in [-0.39, 0.29) is 5.92 Å². The molecule has 1 aromatic heterocycles. The molecule has 0 spiro atoms. The molecule has 0 amide bonds. The van der Waals surface area contributed by atoms with E-state index >= 15 is 0 Å². The molecule has 1 heterocycles. The van der Waals surface area contributed by atoms with Gasteiger partial charge in [0.25, 0.3) is 0 Å². The van der Waals surface area contributed by atoms with E-state index in [1.165, 1.54) is 32.6 Å². The Balaban J connectivity index is 2.19. The summed E-state index contributed by atoms with van der Waals surface area (Å²) >= 11 is 0. The van der Waals surface area contributed by atoms with E-state index in [0.717, 1.165) is 22.4 Å². The van der Waals surface area contributed by atoms with Gasteiger partial charge < -0.3 is 0 Å². The number of hydrogen-bond acceptors (Lipinski definition) is 2. The Labute approximate surface area is 175 Å². The van der Waals surface area contributed by atoms with Gasteiger partial charge in [0.05, 0.1) is 19.3 Å². The van der Waals surface area contributed by atoms with Crippen molar-refractivity contribution in [2.75, 3.05) is 0 Å². The summed E-state index contributed by atoms with van der Waals surface area (Å²) in [5.41, 5.74) is 5.87. The smallest absolute Gasteiger partial charge is 0.132 e. The number of nitrogens with zero attached hydrogens (tertiary/aromatic N) is 2. The van der Waals surface area contributed by atoms with Crippen molar-refractivity contribution in [1.82, 2.24) is 9.97 Å². The molecule has 2 nitrogen and oxygen atoms in total. The molecule has 0 saturated heterocycles. The Morgan fingerprint density at radius 2 is 1.52 bits per heavy atom. The predicted octanol–water partition coefficient (Wildman–Crippen LogP) is 6.74. The first-order valence-corrected chi connectivity index (χ1v) is 14.0. The zero-order chi connectivity index (χ0) is 20.9. The molecule has 0 aliphatic carbocycles. The standard InChI is InChI=1S/C26H30N2Si/c1-16(2)26-27-24(20-14-17(3)13-18(4)15-20)21-12-11-19-9-8-10-22(29(5,6)7)23(19)25(21)28-26/h8-16H,1-7H3. The van der Waals surface area contributed by atoms with Gasteiger partial charge in [0.2, 0.25) is 0 Å². The normalized spacial score (nSPS) is 12.3. The largest absolute Gasteiger partial charge is 0.232 e. The molecule has 0 radical (unpaired) electrons. The lowest BCUT2D eigenvalue weighted by Crippen LogP contribution is -2.38. The van der Waals surface area contributed by atoms with E-state index in [0.29, 0.717) is 0 Å². The summed E-state index contributed by atoms with van der Waals surface area (Å²) in [7, 11) is -1.53. The fourth-order valence-corrected chi connectivity index (χ4v) is 5.81. The summed E-state index contributed by atoms with van der Waals surface area (Å²) in [5.74, 6) is 1.20. The maximum atomic E-state index is 5.12. The third kappa shape index (κ3) is 3.60. The summed E-state index contributed by atoms with van der Waals surface area (Å²) in [4.78, 5) is 10.2. The Morgan fingerprint density at radius 3 is 2.14 bits per heavy atom.